The Morgan fingerprint density at radius 1 is 1.25 bits per heavy atom. The number of nitrogens with zero attached hydrogens (tertiary/aromatic N) is 3. The molecule has 0 bridgehead atoms. The van der Waals surface area contributed by atoms with Crippen LogP contribution < -0.4 is 10.2 Å². The lowest BCUT2D eigenvalue weighted by molar-refractivity contribution is -0.126. The highest BCUT2D eigenvalue weighted by atomic mass is 16.5. The van der Waals surface area contributed by atoms with Gasteiger partial charge in [-0.1, -0.05) is 38.6 Å². The predicted octanol–water partition coefficient (Wildman–Crippen LogP) is 3.54. The first-order chi connectivity index (χ1) is 12.9. The van der Waals surface area contributed by atoms with Gasteiger partial charge >= 0.3 is 0 Å². The Balaban J connectivity index is 2.59. The zero-order valence-corrected chi connectivity index (χ0v) is 17.3. The number of pyridine rings is 1. The summed E-state index contributed by atoms with van der Waals surface area (Å²) >= 11 is 0. The van der Waals surface area contributed by atoms with Crippen molar-refractivity contribution in [1.29, 1.82) is 0 Å². The summed E-state index contributed by atoms with van der Waals surface area (Å²) in [5.74, 6) is 0.0287. The van der Waals surface area contributed by atoms with Crippen LogP contribution in [-0.2, 0) is 15.0 Å². The van der Waals surface area contributed by atoms with Crippen LogP contribution in [0.5, 0.6) is 0 Å². The maximum Gasteiger partial charge on any atom is 0.252 e. The molecule has 1 unspecified atom stereocenters. The quantitative estimate of drug-likeness (QED) is 0.797. The van der Waals surface area contributed by atoms with Crippen molar-refractivity contribution in [3.63, 3.8) is 0 Å². The maximum atomic E-state index is 13.2. The molecule has 7 nitrogen and oxygen atoms in total. The molecular weight excluding hydrogens is 356 g/mol. The van der Waals surface area contributed by atoms with E-state index in [2.05, 4.69) is 22.0 Å². The lowest BCUT2D eigenvalue weighted by Gasteiger charge is -2.31. The summed E-state index contributed by atoms with van der Waals surface area (Å²) in [6.07, 6.45) is 4.32. The van der Waals surface area contributed by atoms with Crippen LogP contribution >= 0.6 is 0 Å². The standard InChI is InChI=1S/C21H28N4O3/c1-8-17(26)25(16-12-15(28-24-16)20(2,3)4)18(14-10-9-11-22-13-14)19(27)23-21(5,6)7/h8-13,18H,1H2,2-7H3,(H,23,27). The van der Waals surface area contributed by atoms with Gasteiger partial charge in [0, 0.05) is 35.0 Å². The van der Waals surface area contributed by atoms with Gasteiger partial charge in [0.05, 0.1) is 0 Å². The van der Waals surface area contributed by atoms with Crippen molar-refractivity contribution >= 4 is 17.6 Å². The molecule has 28 heavy (non-hydrogen) atoms. The van der Waals surface area contributed by atoms with Gasteiger partial charge in [0.15, 0.2) is 5.82 Å². The second-order valence-electron chi connectivity index (χ2n) is 8.64. The lowest BCUT2D eigenvalue weighted by atomic mass is 9.93. The number of hydrogen-bond donors (Lipinski definition) is 1. The van der Waals surface area contributed by atoms with E-state index in [1.165, 1.54) is 4.90 Å². The summed E-state index contributed by atoms with van der Waals surface area (Å²) in [6.45, 7) is 15.1. The van der Waals surface area contributed by atoms with E-state index in [4.69, 9.17) is 4.52 Å². The van der Waals surface area contributed by atoms with E-state index < -0.39 is 17.5 Å². The van der Waals surface area contributed by atoms with Crippen molar-refractivity contribution in [1.82, 2.24) is 15.5 Å². The minimum atomic E-state index is -0.976. The third-order valence-corrected chi connectivity index (χ3v) is 3.90. The summed E-state index contributed by atoms with van der Waals surface area (Å²) in [6, 6.07) is 4.16. The molecule has 0 radical (unpaired) electrons. The minimum Gasteiger partial charge on any atom is -0.359 e. The highest BCUT2D eigenvalue weighted by molar-refractivity contribution is 6.05. The number of aromatic nitrogens is 2. The van der Waals surface area contributed by atoms with E-state index in [1.807, 2.05) is 41.5 Å². The van der Waals surface area contributed by atoms with Gasteiger partial charge in [-0.3, -0.25) is 19.5 Å². The van der Waals surface area contributed by atoms with E-state index in [-0.39, 0.29) is 17.1 Å². The van der Waals surface area contributed by atoms with Gasteiger partial charge < -0.3 is 9.84 Å². The Hall–Kier alpha value is -2.96. The molecule has 2 aromatic rings. The molecule has 2 rings (SSSR count). The fraction of sp³-hybridized carbons (Fsp3) is 0.429. The zero-order chi connectivity index (χ0) is 21.1. The number of nitrogens with one attached hydrogen (secondary N) is 1. The number of hydrogen-bond acceptors (Lipinski definition) is 5. The summed E-state index contributed by atoms with van der Waals surface area (Å²) in [7, 11) is 0. The van der Waals surface area contributed by atoms with Crippen molar-refractivity contribution in [3.05, 3.63) is 54.6 Å². The van der Waals surface area contributed by atoms with Crippen molar-refractivity contribution in [3.8, 4) is 0 Å². The third kappa shape index (κ3) is 5.06. The molecule has 0 fully saturated rings. The SMILES string of the molecule is C=CC(=O)N(c1cc(C(C)(C)C)on1)C(C(=O)NC(C)(C)C)c1cccnc1. The van der Waals surface area contributed by atoms with Crippen molar-refractivity contribution in [2.75, 3.05) is 4.90 Å². The number of carbonyl (C=O) groups is 2. The number of anilines is 1. The molecule has 0 spiro atoms. The zero-order valence-electron chi connectivity index (χ0n) is 17.3. The molecule has 0 saturated carbocycles. The molecule has 2 aromatic heterocycles. The first-order valence-electron chi connectivity index (χ1n) is 9.09. The first kappa shape index (κ1) is 21.3. The summed E-state index contributed by atoms with van der Waals surface area (Å²) < 4.78 is 5.45. The molecule has 1 atom stereocenters. The fourth-order valence-corrected chi connectivity index (χ4v) is 2.60. The maximum absolute atomic E-state index is 13.2. The minimum absolute atomic E-state index is 0.243. The molecule has 2 amide bonds. The summed E-state index contributed by atoms with van der Waals surface area (Å²) in [4.78, 5) is 31.3. The van der Waals surface area contributed by atoms with E-state index in [1.54, 1.807) is 30.6 Å². The molecule has 0 aliphatic rings. The Morgan fingerprint density at radius 3 is 2.39 bits per heavy atom. The average Bonchev–Trinajstić information content (AvgIpc) is 3.08. The molecule has 150 valence electrons. The van der Waals surface area contributed by atoms with Gasteiger partial charge in [-0.2, -0.15) is 0 Å². The fourth-order valence-electron chi connectivity index (χ4n) is 2.60. The predicted molar refractivity (Wildman–Crippen MR) is 108 cm³/mol. The van der Waals surface area contributed by atoms with Gasteiger partial charge in [0.2, 0.25) is 5.91 Å². The van der Waals surface area contributed by atoms with Crippen LogP contribution in [0.15, 0.2) is 47.8 Å². The molecule has 0 aliphatic carbocycles. The van der Waals surface area contributed by atoms with E-state index in [0.717, 1.165) is 6.08 Å². The Kier molecular flexibility index (Phi) is 6.07. The normalized spacial score (nSPS) is 12.9. The van der Waals surface area contributed by atoms with Crippen LogP contribution in [0.1, 0.15) is 58.9 Å². The number of carbonyl (C=O) groups excluding carboxylic acids is 2. The van der Waals surface area contributed by atoms with Crippen LogP contribution in [0.4, 0.5) is 5.82 Å². The van der Waals surface area contributed by atoms with Crippen LogP contribution in [0, 0.1) is 0 Å². The Bertz CT molecular complexity index is 845. The topological polar surface area (TPSA) is 88.3 Å². The smallest absolute Gasteiger partial charge is 0.252 e. The first-order valence-corrected chi connectivity index (χ1v) is 9.09. The second kappa shape index (κ2) is 7.96. The lowest BCUT2D eigenvalue weighted by Crippen LogP contribution is -2.49. The summed E-state index contributed by atoms with van der Waals surface area (Å²) in [5.41, 5.74) is -0.230. The monoisotopic (exact) mass is 384 g/mol. The van der Waals surface area contributed by atoms with Crippen molar-refractivity contribution in [2.24, 2.45) is 0 Å². The molecule has 2 heterocycles. The van der Waals surface area contributed by atoms with E-state index in [9.17, 15) is 9.59 Å². The molecular formula is C21H28N4O3. The largest absolute Gasteiger partial charge is 0.359 e. The molecule has 0 aromatic carbocycles. The van der Waals surface area contributed by atoms with E-state index >= 15 is 0 Å². The van der Waals surface area contributed by atoms with Crippen LogP contribution in [0.25, 0.3) is 0 Å². The van der Waals surface area contributed by atoms with Crippen LogP contribution in [0.3, 0.4) is 0 Å². The van der Waals surface area contributed by atoms with Crippen molar-refractivity contribution in [2.45, 2.75) is 58.5 Å². The van der Waals surface area contributed by atoms with Crippen LogP contribution in [-0.4, -0.2) is 27.5 Å². The van der Waals surface area contributed by atoms with Gasteiger partial charge in [0.1, 0.15) is 11.8 Å². The molecule has 0 aliphatic heterocycles. The number of rotatable bonds is 5. The molecule has 7 heteroatoms. The van der Waals surface area contributed by atoms with Gasteiger partial charge in [0.25, 0.3) is 5.91 Å². The van der Waals surface area contributed by atoms with Crippen LogP contribution in [0.2, 0.25) is 0 Å². The highest BCUT2D eigenvalue weighted by Crippen LogP contribution is 2.31. The molecule has 0 saturated heterocycles. The van der Waals surface area contributed by atoms with Gasteiger partial charge in [-0.05, 0) is 32.9 Å². The average molecular weight is 384 g/mol. The molecule has 1 N–H and O–H groups in total. The van der Waals surface area contributed by atoms with Gasteiger partial charge in [-0.15, -0.1) is 0 Å². The second-order valence-corrected chi connectivity index (χ2v) is 8.64. The van der Waals surface area contributed by atoms with E-state index in [0.29, 0.717) is 11.3 Å². The summed E-state index contributed by atoms with van der Waals surface area (Å²) in [5, 5.41) is 6.99. The number of amides is 2. The third-order valence-electron chi connectivity index (χ3n) is 3.90. The van der Waals surface area contributed by atoms with Crippen molar-refractivity contribution < 1.29 is 14.1 Å². The van der Waals surface area contributed by atoms with Gasteiger partial charge in [-0.25, -0.2) is 0 Å². The Labute approximate surface area is 165 Å². The highest BCUT2D eigenvalue weighted by Gasteiger charge is 2.36. The Morgan fingerprint density at radius 2 is 1.93 bits per heavy atom.